The zero-order valence-electron chi connectivity index (χ0n) is 7.87. The van der Waals surface area contributed by atoms with E-state index in [4.69, 9.17) is 0 Å². The van der Waals surface area contributed by atoms with E-state index in [0.29, 0.717) is 5.82 Å². The smallest absolute Gasteiger partial charge is 0.265 e. The van der Waals surface area contributed by atoms with Gasteiger partial charge in [0.15, 0.2) is 0 Å². The molecule has 0 amide bonds. The Morgan fingerprint density at radius 3 is 2.64 bits per heavy atom. The van der Waals surface area contributed by atoms with Gasteiger partial charge in [0.25, 0.3) is 6.43 Å². The number of nitrogens with one attached hydrogen (secondary N) is 1. The highest BCUT2D eigenvalue weighted by atomic mass is 19.3. The van der Waals surface area contributed by atoms with E-state index in [1.165, 1.54) is 18.3 Å². The van der Waals surface area contributed by atoms with Gasteiger partial charge in [0.2, 0.25) is 0 Å². The van der Waals surface area contributed by atoms with E-state index in [1.807, 2.05) is 6.92 Å². The molecular weight excluding hydrogens is 186 g/mol. The molecule has 0 spiro atoms. The summed E-state index contributed by atoms with van der Waals surface area (Å²) in [5, 5.41) is 2.98. The van der Waals surface area contributed by atoms with Crippen molar-refractivity contribution in [3.05, 3.63) is 36.5 Å². The van der Waals surface area contributed by atoms with Crippen molar-refractivity contribution >= 4 is 5.82 Å². The van der Waals surface area contributed by atoms with Crippen molar-refractivity contribution in [3.63, 3.8) is 0 Å². The first-order valence-electron chi connectivity index (χ1n) is 4.26. The fourth-order valence-electron chi connectivity index (χ4n) is 0.912. The largest absolute Gasteiger partial charge is 0.364 e. The summed E-state index contributed by atoms with van der Waals surface area (Å²) in [6.45, 7) is 5.49. The van der Waals surface area contributed by atoms with E-state index in [9.17, 15) is 8.78 Å². The molecule has 0 fully saturated rings. The third-order valence-electron chi connectivity index (χ3n) is 1.77. The molecule has 1 aromatic heterocycles. The van der Waals surface area contributed by atoms with Crippen LogP contribution in [0.25, 0.3) is 0 Å². The third-order valence-corrected chi connectivity index (χ3v) is 1.77. The van der Waals surface area contributed by atoms with E-state index in [0.717, 1.165) is 0 Å². The molecule has 0 aliphatic heterocycles. The molecule has 76 valence electrons. The minimum absolute atomic E-state index is 0.0678. The molecule has 0 radical (unpaired) electrons. The molecule has 4 heteroatoms. The monoisotopic (exact) mass is 198 g/mol. The second-order valence-corrected chi connectivity index (χ2v) is 2.95. The van der Waals surface area contributed by atoms with Crippen LogP contribution >= 0.6 is 0 Å². The average molecular weight is 198 g/mol. The van der Waals surface area contributed by atoms with Crippen molar-refractivity contribution in [2.24, 2.45) is 0 Å². The van der Waals surface area contributed by atoms with Gasteiger partial charge in [0.1, 0.15) is 5.82 Å². The van der Waals surface area contributed by atoms with Gasteiger partial charge < -0.3 is 5.32 Å². The van der Waals surface area contributed by atoms with Crippen molar-refractivity contribution in [3.8, 4) is 0 Å². The van der Waals surface area contributed by atoms with E-state index < -0.39 is 6.43 Å². The van der Waals surface area contributed by atoms with E-state index in [2.05, 4.69) is 16.9 Å². The van der Waals surface area contributed by atoms with Crippen LogP contribution in [0.1, 0.15) is 18.9 Å². The minimum atomic E-state index is -2.46. The number of alkyl halides is 2. The number of halogens is 2. The molecule has 1 unspecified atom stereocenters. The molecule has 0 bridgehead atoms. The normalized spacial score (nSPS) is 12.6. The first-order valence-corrected chi connectivity index (χ1v) is 4.26. The highest BCUT2D eigenvalue weighted by Crippen LogP contribution is 2.18. The van der Waals surface area contributed by atoms with E-state index in [-0.39, 0.29) is 11.6 Å². The van der Waals surface area contributed by atoms with Gasteiger partial charge in [-0.25, -0.2) is 13.8 Å². The van der Waals surface area contributed by atoms with Crippen molar-refractivity contribution in [2.45, 2.75) is 19.4 Å². The third kappa shape index (κ3) is 2.80. The highest BCUT2D eigenvalue weighted by molar-refractivity contribution is 5.37. The predicted octanol–water partition coefficient (Wildman–Crippen LogP) is 3.01. The molecular formula is C10H12F2N2. The zero-order valence-corrected chi connectivity index (χ0v) is 7.87. The van der Waals surface area contributed by atoms with Crippen molar-refractivity contribution in [2.75, 3.05) is 5.32 Å². The Hall–Kier alpha value is -1.45. The van der Waals surface area contributed by atoms with Gasteiger partial charge in [0.05, 0.1) is 0 Å². The minimum Gasteiger partial charge on any atom is -0.364 e. The van der Waals surface area contributed by atoms with Crippen molar-refractivity contribution < 1.29 is 8.78 Å². The van der Waals surface area contributed by atoms with E-state index >= 15 is 0 Å². The standard InChI is InChI=1S/C10H12F2N2/c1-3-7(2)14-9-5-4-8(6-13-9)10(11)12/h3-7,10H,1H2,2H3,(H,13,14). The van der Waals surface area contributed by atoms with Crippen LogP contribution in [0.4, 0.5) is 14.6 Å². The Morgan fingerprint density at radius 2 is 2.21 bits per heavy atom. The van der Waals surface area contributed by atoms with Crippen LogP contribution in [0.15, 0.2) is 31.0 Å². The second-order valence-electron chi connectivity index (χ2n) is 2.95. The lowest BCUT2D eigenvalue weighted by Gasteiger charge is -2.09. The van der Waals surface area contributed by atoms with Crippen LogP contribution in [0, 0.1) is 0 Å². The Labute approximate surface area is 81.7 Å². The Balaban J connectivity index is 2.68. The molecule has 1 N–H and O–H groups in total. The summed E-state index contributed by atoms with van der Waals surface area (Å²) in [7, 11) is 0. The number of anilines is 1. The summed E-state index contributed by atoms with van der Waals surface area (Å²) in [5.74, 6) is 0.571. The fourth-order valence-corrected chi connectivity index (χ4v) is 0.912. The number of aromatic nitrogens is 1. The number of hydrogen-bond donors (Lipinski definition) is 1. The molecule has 1 aromatic rings. The van der Waals surface area contributed by atoms with Crippen LogP contribution in [0.3, 0.4) is 0 Å². The van der Waals surface area contributed by atoms with Crippen LogP contribution in [0.2, 0.25) is 0 Å². The maximum atomic E-state index is 12.2. The highest BCUT2D eigenvalue weighted by Gasteiger charge is 2.06. The summed E-state index contributed by atoms with van der Waals surface area (Å²) in [5.41, 5.74) is -0.0678. The van der Waals surface area contributed by atoms with Gasteiger partial charge in [0, 0.05) is 17.8 Å². The molecule has 0 saturated carbocycles. The molecule has 0 saturated heterocycles. The van der Waals surface area contributed by atoms with Gasteiger partial charge in [-0.1, -0.05) is 6.08 Å². The molecule has 1 atom stereocenters. The fraction of sp³-hybridized carbons (Fsp3) is 0.300. The maximum absolute atomic E-state index is 12.2. The lowest BCUT2D eigenvalue weighted by atomic mass is 10.3. The van der Waals surface area contributed by atoms with Crippen LogP contribution < -0.4 is 5.32 Å². The summed E-state index contributed by atoms with van der Waals surface area (Å²) < 4.78 is 24.3. The summed E-state index contributed by atoms with van der Waals surface area (Å²) in [4.78, 5) is 3.85. The second kappa shape index (κ2) is 4.69. The predicted molar refractivity (Wildman–Crippen MR) is 52.5 cm³/mol. The molecule has 1 heterocycles. The Bertz CT molecular complexity index is 295. The number of rotatable bonds is 4. The zero-order chi connectivity index (χ0) is 10.6. The quantitative estimate of drug-likeness (QED) is 0.752. The van der Waals surface area contributed by atoms with Crippen molar-refractivity contribution in [1.29, 1.82) is 0 Å². The number of pyridine rings is 1. The molecule has 0 aliphatic rings. The van der Waals surface area contributed by atoms with Gasteiger partial charge >= 0.3 is 0 Å². The van der Waals surface area contributed by atoms with Gasteiger partial charge in [-0.15, -0.1) is 6.58 Å². The maximum Gasteiger partial charge on any atom is 0.265 e. The van der Waals surface area contributed by atoms with Crippen molar-refractivity contribution in [1.82, 2.24) is 4.98 Å². The molecule has 14 heavy (non-hydrogen) atoms. The lowest BCUT2D eigenvalue weighted by Crippen LogP contribution is -2.12. The van der Waals surface area contributed by atoms with Gasteiger partial charge in [-0.2, -0.15) is 0 Å². The lowest BCUT2D eigenvalue weighted by molar-refractivity contribution is 0.151. The van der Waals surface area contributed by atoms with E-state index in [1.54, 1.807) is 6.08 Å². The van der Waals surface area contributed by atoms with Gasteiger partial charge in [-0.05, 0) is 19.1 Å². The first-order chi connectivity index (χ1) is 6.63. The summed E-state index contributed by atoms with van der Waals surface area (Å²) in [6, 6.07) is 2.96. The summed E-state index contributed by atoms with van der Waals surface area (Å²) in [6.07, 6.45) is 0.416. The van der Waals surface area contributed by atoms with Crippen LogP contribution in [-0.4, -0.2) is 11.0 Å². The molecule has 2 nitrogen and oxygen atoms in total. The first kappa shape index (κ1) is 10.6. The molecule has 0 aliphatic carbocycles. The van der Waals surface area contributed by atoms with Crippen LogP contribution in [0.5, 0.6) is 0 Å². The SMILES string of the molecule is C=CC(C)Nc1ccc(C(F)F)cn1. The molecule has 0 aromatic carbocycles. The Kier molecular flexibility index (Phi) is 3.56. The topological polar surface area (TPSA) is 24.9 Å². The number of hydrogen-bond acceptors (Lipinski definition) is 2. The Morgan fingerprint density at radius 1 is 1.50 bits per heavy atom. The summed E-state index contributed by atoms with van der Waals surface area (Å²) >= 11 is 0. The van der Waals surface area contributed by atoms with Gasteiger partial charge in [-0.3, -0.25) is 0 Å². The average Bonchev–Trinajstić information content (AvgIpc) is 2.18. The number of nitrogens with zero attached hydrogens (tertiary/aromatic N) is 1. The van der Waals surface area contributed by atoms with Crippen LogP contribution in [-0.2, 0) is 0 Å². The molecule has 1 rings (SSSR count).